The second-order valence-electron chi connectivity index (χ2n) is 5.50. The third-order valence-electron chi connectivity index (χ3n) is 3.42. The third kappa shape index (κ3) is 6.26. The summed E-state index contributed by atoms with van der Waals surface area (Å²) in [6, 6.07) is 7.22. The van der Waals surface area contributed by atoms with Gasteiger partial charge in [0.25, 0.3) is 5.91 Å². The summed E-state index contributed by atoms with van der Waals surface area (Å²) in [7, 11) is 0. The maximum Gasteiger partial charge on any atom is 0.306 e. The summed E-state index contributed by atoms with van der Waals surface area (Å²) in [5.74, 6) is -1.41. The first kappa shape index (κ1) is 18.2. The van der Waals surface area contributed by atoms with E-state index in [1.165, 1.54) is 0 Å². The lowest BCUT2D eigenvalue weighted by atomic mass is 10.0. The number of hydrogen-bond donors (Lipinski definition) is 2. The van der Waals surface area contributed by atoms with Crippen LogP contribution < -0.4 is 5.32 Å². The van der Waals surface area contributed by atoms with Gasteiger partial charge < -0.3 is 15.2 Å². The number of carbonyl (C=O) groups excluding carboxylic acids is 1. The van der Waals surface area contributed by atoms with E-state index >= 15 is 0 Å². The summed E-state index contributed by atoms with van der Waals surface area (Å²) in [6.07, 6.45) is 1.96. The van der Waals surface area contributed by atoms with Gasteiger partial charge in [-0.25, -0.2) is 0 Å². The Kier molecular flexibility index (Phi) is 7.60. The number of aliphatic carboxylic acids is 1. The molecule has 1 aromatic carbocycles. The lowest BCUT2D eigenvalue weighted by molar-refractivity contribution is -0.141. The van der Waals surface area contributed by atoms with Crippen molar-refractivity contribution in [3.63, 3.8) is 0 Å². The topological polar surface area (TPSA) is 75.6 Å². The van der Waals surface area contributed by atoms with Crippen LogP contribution in [0.15, 0.2) is 24.3 Å². The maximum absolute atomic E-state index is 11.9. The molecule has 0 aliphatic carbocycles. The van der Waals surface area contributed by atoms with E-state index < -0.39 is 18.0 Å². The fourth-order valence-corrected chi connectivity index (χ4v) is 1.89. The van der Waals surface area contributed by atoms with Gasteiger partial charge in [-0.15, -0.1) is 0 Å². The zero-order valence-electron chi connectivity index (χ0n) is 13.5. The molecular formula is C17H25NO4. The highest BCUT2D eigenvalue weighted by molar-refractivity contribution is 5.93. The second-order valence-corrected chi connectivity index (χ2v) is 5.50. The first-order valence-electron chi connectivity index (χ1n) is 7.68. The van der Waals surface area contributed by atoms with Crippen molar-refractivity contribution in [2.75, 3.05) is 11.9 Å². The van der Waals surface area contributed by atoms with E-state index in [1.54, 1.807) is 26.0 Å². The highest BCUT2D eigenvalue weighted by atomic mass is 16.5. The minimum absolute atomic E-state index is 0.178. The summed E-state index contributed by atoms with van der Waals surface area (Å²) in [4.78, 5) is 22.8. The predicted molar refractivity (Wildman–Crippen MR) is 85.9 cm³/mol. The van der Waals surface area contributed by atoms with Gasteiger partial charge >= 0.3 is 5.97 Å². The minimum Gasteiger partial charge on any atom is -0.481 e. The molecule has 1 amide bonds. The average Bonchev–Trinajstić information content (AvgIpc) is 2.49. The molecule has 1 rings (SSSR count). The van der Waals surface area contributed by atoms with E-state index in [2.05, 4.69) is 12.2 Å². The molecule has 0 spiro atoms. The van der Waals surface area contributed by atoms with Gasteiger partial charge in [-0.1, -0.05) is 32.4 Å². The molecule has 0 saturated carbocycles. The highest BCUT2D eigenvalue weighted by Gasteiger charge is 2.14. The lowest BCUT2D eigenvalue weighted by Crippen LogP contribution is -2.28. The normalized spacial score (nSPS) is 13.4. The molecule has 2 atom stereocenters. The van der Waals surface area contributed by atoms with Crippen LogP contribution in [0.1, 0.15) is 39.2 Å². The highest BCUT2D eigenvalue weighted by Crippen LogP contribution is 2.14. The first-order valence-corrected chi connectivity index (χ1v) is 7.68. The molecule has 0 radical (unpaired) electrons. The van der Waals surface area contributed by atoms with Crippen molar-refractivity contribution in [1.82, 2.24) is 0 Å². The van der Waals surface area contributed by atoms with E-state index in [0.717, 1.165) is 18.4 Å². The maximum atomic E-state index is 11.9. The van der Waals surface area contributed by atoms with Crippen molar-refractivity contribution in [2.24, 2.45) is 5.92 Å². The third-order valence-corrected chi connectivity index (χ3v) is 3.42. The standard InChI is InChI=1S/C17H25NO4/c1-4-5-10-22-13(3)16(19)18-15-8-6-14(7-9-15)11-12(2)17(20)21/h6-9,12-13H,4-5,10-11H2,1-3H3,(H,18,19)(H,20,21). The summed E-state index contributed by atoms with van der Waals surface area (Å²) in [5.41, 5.74) is 1.61. The molecule has 0 heterocycles. The van der Waals surface area contributed by atoms with Crippen molar-refractivity contribution in [3.8, 4) is 0 Å². The smallest absolute Gasteiger partial charge is 0.306 e. The molecule has 2 unspecified atom stereocenters. The van der Waals surface area contributed by atoms with Crippen molar-refractivity contribution >= 4 is 17.6 Å². The molecule has 22 heavy (non-hydrogen) atoms. The van der Waals surface area contributed by atoms with E-state index in [1.807, 2.05) is 12.1 Å². The van der Waals surface area contributed by atoms with Gasteiger partial charge in [0.05, 0.1) is 5.92 Å². The van der Waals surface area contributed by atoms with Crippen LogP contribution in [-0.2, 0) is 20.7 Å². The largest absolute Gasteiger partial charge is 0.481 e. The summed E-state index contributed by atoms with van der Waals surface area (Å²) >= 11 is 0. The minimum atomic E-state index is -0.810. The zero-order chi connectivity index (χ0) is 16.5. The van der Waals surface area contributed by atoms with Crippen LogP contribution in [0.4, 0.5) is 5.69 Å². The molecular weight excluding hydrogens is 282 g/mol. The summed E-state index contributed by atoms with van der Waals surface area (Å²) < 4.78 is 5.44. The Bertz CT molecular complexity index is 484. The fraction of sp³-hybridized carbons (Fsp3) is 0.529. The van der Waals surface area contributed by atoms with Gasteiger partial charge in [0.1, 0.15) is 6.10 Å². The quantitative estimate of drug-likeness (QED) is 0.687. The monoisotopic (exact) mass is 307 g/mol. The van der Waals surface area contributed by atoms with Crippen molar-refractivity contribution in [3.05, 3.63) is 29.8 Å². The summed E-state index contributed by atoms with van der Waals surface area (Å²) in [5, 5.41) is 11.7. The van der Waals surface area contributed by atoms with Gasteiger partial charge in [-0.3, -0.25) is 9.59 Å². The predicted octanol–water partition coefficient (Wildman–Crippen LogP) is 3.09. The van der Waals surface area contributed by atoms with Crippen LogP contribution in [0.3, 0.4) is 0 Å². The molecule has 0 aliphatic rings. The molecule has 0 fully saturated rings. The van der Waals surface area contributed by atoms with Crippen molar-refractivity contribution < 1.29 is 19.4 Å². The number of unbranched alkanes of at least 4 members (excludes halogenated alkanes) is 1. The molecule has 2 N–H and O–H groups in total. The molecule has 0 aliphatic heterocycles. The SMILES string of the molecule is CCCCOC(C)C(=O)Nc1ccc(CC(C)C(=O)O)cc1. The Morgan fingerprint density at radius 1 is 1.23 bits per heavy atom. The molecule has 0 saturated heterocycles. The van der Waals surface area contributed by atoms with Crippen LogP contribution in [-0.4, -0.2) is 29.7 Å². The fourth-order valence-electron chi connectivity index (χ4n) is 1.89. The number of benzene rings is 1. The van der Waals surface area contributed by atoms with Crippen LogP contribution in [0.5, 0.6) is 0 Å². The van der Waals surface area contributed by atoms with Crippen LogP contribution in [0.2, 0.25) is 0 Å². The van der Waals surface area contributed by atoms with Crippen LogP contribution in [0, 0.1) is 5.92 Å². The number of carboxylic acid groups (broad SMARTS) is 1. The molecule has 122 valence electrons. The molecule has 5 heteroatoms. The number of carbonyl (C=O) groups is 2. The van der Waals surface area contributed by atoms with Crippen molar-refractivity contribution in [1.29, 1.82) is 0 Å². The molecule has 5 nitrogen and oxygen atoms in total. The molecule has 0 aromatic heterocycles. The number of carboxylic acids is 1. The Labute approximate surface area is 131 Å². The first-order chi connectivity index (χ1) is 10.4. The van der Waals surface area contributed by atoms with Crippen molar-refractivity contribution in [2.45, 2.75) is 46.1 Å². The summed E-state index contributed by atoms with van der Waals surface area (Å²) in [6.45, 7) is 6.05. The number of rotatable bonds is 9. The van der Waals surface area contributed by atoms with E-state index in [9.17, 15) is 9.59 Å². The number of anilines is 1. The Morgan fingerprint density at radius 3 is 2.41 bits per heavy atom. The average molecular weight is 307 g/mol. The van der Waals surface area contributed by atoms with Crippen LogP contribution >= 0.6 is 0 Å². The Hall–Kier alpha value is -1.88. The Morgan fingerprint density at radius 2 is 1.86 bits per heavy atom. The number of nitrogens with one attached hydrogen (secondary N) is 1. The van der Waals surface area contributed by atoms with Gasteiger partial charge in [0.15, 0.2) is 0 Å². The molecule has 1 aromatic rings. The number of hydrogen-bond acceptors (Lipinski definition) is 3. The second kappa shape index (κ2) is 9.20. The van der Waals surface area contributed by atoms with E-state index in [0.29, 0.717) is 18.7 Å². The zero-order valence-corrected chi connectivity index (χ0v) is 13.5. The van der Waals surface area contributed by atoms with Gasteiger partial charge in [-0.2, -0.15) is 0 Å². The van der Waals surface area contributed by atoms with Gasteiger partial charge in [0, 0.05) is 12.3 Å². The van der Waals surface area contributed by atoms with Gasteiger partial charge in [0.2, 0.25) is 0 Å². The number of amides is 1. The van der Waals surface area contributed by atoms with Gasteiger partial charge in [-0.05, 0) is 37.5 Å². The number of ether oxygens (including phenoxy) is 1. The van der Waals surface area contributed by atoms with Crippen LogP contribution in [0.25, 0.3) is 0 Å². The lowest BCUT2D eigenvalue weighted by Gasteiger charge is -2.13. The Balaban J connectivity index is 2.49. The molecule has 0 bridgehead atoms. The van der Waals surface area contributed by atoms with E-state index in [-0.39, 0.29) is 5.91 Å². The van der Waals surface area contributed by atoms with E-state index in [4.69, 9.17) is 9.84 Å².